The molecule has 0 aliphatic carbocycles. The van der Waals surface area contributed by atoms with E-state index in [4.69, 9.17) is 4.74 Å². The monoisotopic (exact) mass is 286 g/mol. The maximum atomic E-state index is 11.7. The minimum atomic E-state index is -0.731. The quantitative estimate of drug-likeness (QED) is 0.638. The molecule has 0 aromatic rings. The van der Waals surface area contributed by atoms with Crippen molar-refractivity contribution in [2.24, 2.45) is 5.92 Å². The van der Waals surface area contributed by atoms with E-state index >= 15 is 0 Å². The molecule has 0 aromatic heterocycles. The lowest BCUT2D eigenvalue weighted by Crippen LogP contribution is -2.43. The topological polar surface area (TPSA) is 70.1 Å². The molecule has 6 nitrogen and oxygen atoms in total. The average Bonchev–Trinajstić information content (AvgIpc) is 2.30. The Bertz CT molecular complexity index is 365. The van der Waals surface area contributed by atoms with E-state index in [0.717, 1.165) is 6.42 Å². The lowest BCUT2D eigenvalue weighted by atomic mass is 9.92. The zero-order valence-corrected chi connectivity index (χ0v) is 13.0. The molecule has 0 bridgehead atoms. The molecule has 1 aliphatic rings. The van der Waals surface area contributed by atoms with Crippen LogP contribution in [0.1, 0.15) is 47.0 Å². The van der Waals surface area contributed by atoms with Crippen molar-refractivity contribution in [3.63, 3.8) is 0 Å². The summed E-state index contributed by atoms with van der Waals surface area (Å²) in [6.07, 6.45) is 1.25. The first-order chi connectivity index (χ1) is 9.10. The molecule has 1 saturated heterocycles. The van der Waals surface area contributed by atoms with Crippen LogP contribution in [-0.2, 0) is 9.53 Å². The van der Waals surface area contributed by atoms with Crippen molar-refractivity contribution in [1.29, 1.82) is 0 Å². The molecule has 2 amide bonds. The molecule has 1 unspecified atom stereocenters. The summed E-state index contributed by atoms with van der Waals surface area (Å²) in [5.41, 5.74) is -0.630. The Labute approximate surface area is 120 Å². The van der Waals surface area contributed by atoms with Crippen LogP contribution in [-0.4, -0.2) is 52.4 Å². The highest BCUT2D eigenvalue weighted by Crippen LogP contribution is 2.23. The molecule has 1 heterocycles. The summed E-state index contributed by atoms with van der Waals surface area (Å²) >= 11 is 0. The van der Waals surface area contributed by atoms with Gasteiger partial charge in [-0.3, -0.25) is 10.0 Å². The summed E-state index contributed by atoms with van der Waals surface area (Å²) in [7, 11) is 1.78. The molecule has 2 atom stereocenters. The van der Waals surface area contributed by atoms with Gasteiger partial charge in [-0.2, -0.15) is 5.06 Å². The van der Waals surface area contributed by atoms with E-state index < -0.39 is 11.7 Å². The SMILES string of the molecule is CC(C[C@H]1CCC(=O)N(C)C1)N(O)C(=O)OC(C)(C)C. The number of hydroxylamine groups is 2. The van der Waals surface area contributed by atoms with Gasteiger partial charge in [-0.25, -0.2) is 4.79 Å². The van der Waals surface area contributed by atoms with Crippen LogP contribution in [0.15, 0.2) is 0 Å². The normalized spacial score (nSPS) is 21.6. The van der Waals surface area contributed by atoms with Crippen LogP contribution >= 0.6 is 0 Å². The summed E-state index contributed by atoms with van der Waals surface area (Å²) in [5, 5.41) is 10.5. The van der Waals surface area contributed by atoms with Crippen molar-refractivity contribution in [3.8, 4) is 0 Å². The highest BCUT2D eigenvalue weighted by Gasteiger charge is 2.29. The first-order valence-corrected chi connectivity index (χ1v) is 7.05. The van der Waals surface area contributed by atoms with E-state index in [-0.39, 0.29) is 11.9 Å². The van der Waals surface area contributed by atoms with Crippen LogP contribution in [0, 0.1) is 5.92 Å². The van der Waals surface area contributed by atoms with E-state index in [1.54, 1.807) is 39.6 Å². The van der Waals surface area contributed by atoms with Gasteiger partial charge in [-0.05, 0) is 46.5 Å². The van der Waals surface area contributed by atoms with Crippen LogP contribution in [0.2, 0.25) is 0 Å². The van der Waals surface area contributed by atoms with Crippen LogP contribution in [0.3, 0.4) is 0 Å². The number of carbonyl (C=O) groups excluding carboxylic acids is 2. The summed E-state index contributed by atoms with van der Waals surface area (Å²) < 4.78 is 5.12. The summed E-state index contributed by atoms with van der Waals surface area (Å²) in [5.74, 6) is 0.451. The van der Waals surface area contributed by atoms with E-state index in [9.17, 15) is 14.8 Å². The Hall–Kier alpha value is -1.30. The van der Waals surface area contributed by atoms with Crippen LogP contribution in [0.25, 0.3) is 0 Å². The number of piperidine rings is 1. The lowest BCUT2D eigenvalue weighted by molar-refractivity contribution is -0.135. The number of rotatable bonds is 3. The number of ether oxygens (including phenoxy) is 1. The molecule has 0 radical (unpaired) electrons. The average molecular weight is 286 g/mol. The van der Waals surface area contributed by atoms with Gasteiger partial charge in [0.15, 0.2) is 0 Å². The molecule has 0 spiro atoms. The highest BCUT2D eigenvalue weighted by molar-refractivity contribution is 5.76. The maximum absolute atomic E-state index is 11.7. The van der Waals surface area contributed by atoms with Gasteiger partial charge in [0.05, 0.1) is 6.04 Å². The Kier molecular flexibility index (Phi) is 5.39. The number of carbonyl (C=O) groups is 2. The Morgan fingerprint density at radius 3 is 2.65 bits per heavy atom. The van der Waals surface area contributed by atoms with Gasteiger partial charge < -0.3 is 9.64 Å². The Morgan fingerprint density at radius 1 is 1.55 bits per heavy atom. The van der Waals surface area contributed by atoms with Crippen molar-refractivity contribution >= 4 is 12.0 Å². The maximum Gasteiger partial charge on any atom is 0.434 e. The fraction of sp³-hybridized carbons (Fsp3) is 0.857. The zero-order valence-electron chi connectivity index (χ0n) is 13.0. The fourth-order valence-electron chi connectivity index (χ4n) is 2.36. The smallest absolute Gasteiger partial charge is 0.434 e. The van der Waals surface area contributed by atoms with Gasteiger partial charge in [0.1, 0.15) is 5.60 Å². The zero-order chi connectivity index (χ0) is 15.5. The Balaban J connectivity index is 2.47. The molecular weight excluding hydrogens is 260 g/mol. The second kappa shape index (κ2) is 6.43. The van der Waals surface area contributed by atoms with Gasteiger partial charge >= 0.3 is 6.09 Å². The molecule has 1 aliphatic heterocycles. The Morgan fingerprint density at radius 2 is 2.15 bits per heavy atom. The largest absolute Gasteiger partial charge is 0.442 e. The lowest BCUT2D eigenvalue weighted by Gasteiger charge is -2.33. The molecular formula is C14H26N2O4. The van der Waals surface area contributed by atoms with E-state index in [1.807, 2.05) is 0 Å². The first kappa shape index (κ1) is 16.8. The molecule has 0 aromatic carbocycles. The third-order valence-corrected chi connectivity index (χ3v) is 3.40. The van der Waals surface area contributed by atoms with Crippen LogP contribution in [0.4, 0.5) is 4.79 Å². The van der Waals surface area contributed by atoms with Crippen LogP contribution in [0.5, 0.6) is 0 Å². The molecule has 0 saturated carbocycles. The number of likely N-dealkylation sites (tertiary alicyclic amines) is 1. The summed E-state index contributed by atoms with van der Waals surface area (Å²) in [6, 6.07) is -0.337. The van der Waals surface area contributed by atoms with Gasteiger partial charge in [-0.15, -0.1) is 0 Å². The first-order valence-electron chi connectivity index (χ1n) is 7.05. The van der Waals surface area contributed by atoms with E-state index in [1.165, 1.54) is 0 Å². The minimum Gasteiger partial charge on any atom is -0.442 e. The van der Waals surface area contributed by atoms with Crippen LogP contribution < -0.4 is 0 Å². The molecule has 116 valence electrons. The third kappa shape index (κ3) is 5.00. The van der Waals surface area contributed by atoms with Gasteiger partial charge in [0.25, 0.3) is 0 Å². The molecule has 20 heavy (non-hydrogen) atoms. The van der Waals surface area contributed by atoms with Gasteiger partial charge in [0.2, 0.25) is 5.91 Å². The minimum absolute atomic E-state index is 0.155. The van der Waals surface area contributed by atoms with E-state index in [2.05, 4.69) is 0 Å². The number of amides is 2. The van der Waals surface area contributed by atoms with Gasteiger partial charge in [0, 0.05) is 20.0 Å². The molecule has 1 fully saturated rings. The van der Waals surface area contributed by atoms with Crippen molar-refractivity contribution < 1.29 is 19.5 Å². The highest BCUT2D eigenvalue weighted by atomic mass is 16.6. The second-order valence-corrected chi connectivity index (χ2v) is 6.59. The summed E-state index contributed by atoms with van der Waals surface area (Å²) in [6.45, 7) is 7.72. The molecule has 1 rings (SSSR count). The number of nitrogens with zero attached hydrogens (tertiary/aromatic N) is 2. The number of hydrogen-bond acceptors (Lipinski definition) is 4. The molecule has 6 heteroatoms. The molecule has 1 N–H and O–H groups in total. The van der Waals surface area contributed by atoms with Crippen molar-refractivity contribution in [1.82, 2.24) is 9.96 Å². The third-order valence-electron chi connectivity index (χ3n) is 3.40. The second-order valence-electron chi connectivity index (χ2n) is 6.59. The predicted molar refractivity (Wildman–Crippen MR) is 74.3 cm³/mol. The van der Waals surface area contributed by atoms with Crippen molar-refractivity contribution in [2.45, 2.75) is 58.6 Å². The van der Waals surface area contributed by atoms with E-state index in [0.29, 0.717) is 30.4 Å². The van der Waals surface area contributed by atoms with Crippen molar-refractivity contribution in [2.75, 3.05) is 13.6 Å². The number of hydrogen-bond donors (Lipinski definition) is 1. The van der Waals surface area contributed by atoms with Gasteiger partial charge in [-0.1, -0.05) is 0 Å². The predicted octanol–water partition coefficient (Wildman–Crippen LogP) is 2.26. The van der Waals surface area contributed by atoms with Crippen molar-refractivity contribution in [3.05, 3.63) is 0 Å². The fourth-order valence-corrected chi connectivity index (χ4v) is 2.36. The summed E-state index contributed by atoms with van der Waals surface area (Å²) in [4.78, 5) is 24.9. The standard InChI is InChI=1S/C14H26N2O4/c1-10(16(19)13(18)20-14(2,3)4)8-11-6-7-12(17)15(5)9-11/h10-11,19H,6-9H2,1-5H3/t10?,11-/m1/s1.